The molecule has 0 saturated heterocycles. The van der Waals surface area contributed by atoms with E-state index in [1.807, 2.05) is 31.2 Å². The molecule has 1 aliphatic carbocycles. The van der Waals surface area contributed by atoms with Crippen molar-refractivity contribution >= 4 is 0 Å². The number of hydrogen-bond acceptors (Lipinski definition) is 2. The Morgan fingerprint density at radius 3 is 2.42 bits per heavy atom. The van der Waals surface area contributed by atoms with Crippen LogP contribution in [0.4, 0.5) is 0 Å². The number of benzene rings is 1. The minimum atomic E-state index is -0.558. The Morgan fingerprint density at radius 1 is 1.11 bits per heavy atom. The highest BCUT2D eigenvalue weighted by molar-refractivity contribution is 5.33. The normalized spacial score (nSPS) is 16.9. The molecule has 3 rings (SSSR count). The summed E-state index contributed by atoms with van der Waals surface area (Å²) in [5.74, 6) is 0.745. The Kier molecular flexibility index (Phi) is 3.34. The number of aliphatic hydroxyl groups excluding tert-OH is 1. The number of hydrogen-bond donors (Lipinski definition) is 1. The smallest absolute Gasteiger partial charge is 0.104 e. The Balaban J connectivity index is 1.81. The number of pyridine rings is 1. The molecule has 1 atom stereocenters. The average Bonchev–Trinajstić information content (AvgIpc) is 2.37. The maximum absolute atomic E-state index is 10.4. The average molecular weight is 253 g/mol. The van der Waals surface area contributed by atoms with E-state index >= 15 is 0 Å². The van der Waals surface area contributed by atoms with Crippen molar-refractivity contribution in [1.82, 2.24) is 4.98 Å². The van der Waals surface area contributed by atoms with E-state index in [-0.39, 0.29) is 0 Å². The fourth-order valence-electron chi connectivity index (χ4n) is 2.62. The van der Waals surface area contributed by atoms with E-state index in [0.717, 1.165) is 22.7 Å². The van der Waals surface area contributed by atoms with E-state index in [1.165, 1.54) is 24.8 Å². The predicted molar refractivity (Wildman–Crippen MR) is 76.1 cm³/mol. The van der Waals surface area contributed by atoms with Gasteiger partial charge in [-0.05, 0) is 54.5 Å². The van der Waals surface area contributed by atoms with Crippen LogP contribution in [0.2, 0.25) is 0 Å². The van der Waals surface area contributed by atoms with E-state index in [2.05, 4.69) is 17.1 Å². The van der Waals surface area contributed by atoms with Crippen LogP contribution in [0.5, 0.6) is 0 Å². The van der Waals surface area contributed by atoms with Crippen molar-refractivity contribution in [3.05, 3.63) is 65.0 Å². The van der Waals surface area contributed by atoms with Gasteiger partial charge in [-0.3, -0.25) is 4.98 Å². The van der Waals surface area contributed by atoms with Crippen LogP contribution in [0.25, 0.3) is 0 Å². The number of rotatable bonds is 3. The number of nitrogens with zero attached hydrogens (tertiary/aromatic N) is 1. The molecule has 0 radical (unpaired) electrons. The molecule has 1 aromatic heterocycles. The Labute approximate surface area is 114 Å². The maximum atomic E-state index is 10.4. The van der Waals surface area contributed by atoms with Crippen LogP contribution >= 0.6 is 0 Å². The second-order valence-electron chi connectivity index (χ2n) is 5.43. The SMILES string of the molecule is Cc1cc(C(O)c2ccc(C3CCC3)cc2)ccn1. The number of aromatic nitrogens is 1. The monoisotopic (exact) mass is 253 g/mol. The summed E-state index contributed by atoms with van der Waals surface area (Å²) < 4.78 is 0. The van der Waals surface area contributed by atoms with Gasteiger partial charge in [0.05, 0.1) is 0 Å². The highest BCUT2D eigenvalue weighted by Gasteiger charge is 2.19. The molecule has 0 aliphatic heterocycles. The first-order chi connectivity index (χ1) is 9.24. The van der Waals surface area contributed by atoms with Gasteiger partial charge in [0.2, 0.25) is 0 Å². The van der Waals surface area contributed by atoms with Crippen LogP contribution in [-0.2, 0) is 0 Å². The van der Waals surface area contributed by atoms with Crippen molar-refractivity contribution in [2.24, 2.45) is 0 Å². The standard InChI is InChI=1S/C17H19NO/c1-12-11-16(9-10-18-12)17(19)15-7-5-14(6-8-15)13-3-2-4-13/h5-11,13,17,19H,2-4H2,1H3. The zero-order chi connectivity index (χ0) is 13.2. The molecular formula is C17H19NO. The van der Waals surface area contributed by atoms with Crippen LogP contribution in [0, 0.1) is 6.92 Å². The van der Waals surface area contributed by atoms with E-state index in [0.29, 0.717) is 0 Å². The van der Waals surface area contributed by atoms with Gasteiger partial charge in [-0.1, -0.05) is 30.7 Å². The molecule has 1 fully saturated rings. The summed E-state index contributed by atoms with van der Waals surface area (Å²) in [7, 11) is 0. The molecule has 19 heavy (non-hydrogen) atoms. The van der Waals surface area contributed by atoms with E-state index < -0.39 is 6.10 Å². The highest BCUT2D eigenvalue weighted by atomic mass is 16.3. The van der Waals surface area contributed by atoms with Gasteiger partial charge in [0.25, 0.3) is 0 Å². The first-order valence-electron chi connectivity index (χ1n) is 6.94. The fraction of sp³-hybridized carbons (Fsp3) is 0.353. The quantitative estimate of drug-likeness (QED) is 0.904. The van der Waals surface area contributed by atoms with Crippen LogP contribution in [0.1, 0.15) is 53.7 Å². The minimum Gasteiger partial charge on any atom is -0.384 e. The molecule has 1 aromatic carbocycles. The molecule has 0 amide bonds. The summed E-state index contributed by atoms with van der Waals surface area (Å²) in [6.07, 6.45) is 5.16. The molecule has 1 heterocycles. The van der Waals surface area contributed by atoms with Crippen molar-refractivity contribution in [2.45, 2.75) is 38.2 Å². The Hall–Kier alpha value is -1.67. The van der Waals surface area contributed by atoms with Crippen molar-refractivity contribution in [3.63, 3.8) is 0 Å². The molecule has 2 nitrogen and oxygen atoms in total. The van der Waals surface area contributed by atoms with E-state index in [9.17, 15) is 5.11 Å². The van der Waals surface area contributed by atoms with Crippen molar-refractivity contribution < 1.29 is 5.11 Å². The number of aryl methyl sites for hydroxylation is 1. The summed E-state index contributed by atoms with van der Waals surface area (Å²) in [5, 5.41) is 10.4. The molecule has 1 unspecified atom stereocenters. The molecular weight excluding hydrogens is 234 g/mol. The summed E-state index contributed by atoms with van der Waals surface area (Å²) in [6.45, 7) is 1.94. The molecule has 0 spiro atoms. The van der Waals surface area contributed by atoms with Gasteiger partial charge in [-0.2, -0.15) is 0 Å². The van der Waals surface area contributed by atoms with E-state index in [4.69, 9.17) is 0 Å². The zero-order valence-corrected chi connectivity index (χ0v) is 11.2. The van der Waals surface area contributed by atoms with Gasteiger partial charge in [-0.25, -0.2) is 0 Å². The predicted octanol–water partition coefficient (Wildman–Crippen LogP) is 3.74. The minimum absolute atomic E-state index is 0.558. The lowest BCUT2D eigenvalue weighted by Gasteiger charge is -2.26. The van der Waals surface area contributed by atoms with Crippen LogP contribution in [0.3, 0.4) is 0 Å². The van der Waals surface area contributed by atoms with Crippen LogP contribution in [-0.4, -0.2) is 10.1 Å². The van der Waals surface area contributed by atoms with Gasteiger partial charge in [0, 0.05) is 11.9 Å². The van der Waals surface area contributed by atoms with Gasteiger partial charge in [0.1, 0.15) is 6.10 Å². The van der Waals surface area contributed by atoms with E-state index in [1.54, 1.807) is 6.20 Å². The summed E-state index contributed by atoms with van der Waals surface area (Å²) in [5.41, 5.74) is 4.20. The molecule has 2 aromatic rings. The first-order valence-corrected chi connectivity index (χ1v) is 6.94. The van der Waals surface area contributed by atoms with Gasteiger partial charge in [-0.15, -0.1) is 0 Å². The Morgan fingerprint density at radius 2 is 1.84 bits per heavy atom. The fourth-order valence-corrected chi connectivity index (χ4v) is 2.62. The van der Waals surface area contributed by atoms with Gasteiger partial charge in [0.15, 0.2) is 0 Å². The third-order valence-electron chi connectivity index (χ3n) is 4.07. The number of aliphatic hydroxyl groups is 1. The molecule has 0 bridgehead atoms. The summed E-state index contributed by atoms with van der Waals surface area (Å²) in [6, 6.07) is 12.2. The lowest BCUT2D eigenvalue weighted by Crippen LogP contribution is -2.09. The third kappa shape index (κ3) is 2.54. The topological polar surface area (TPSA) is 33.1 Å². The largest absolute Gasteiger partial charge is 0.384 e. The summed E-state index contributed by atoms with van der Waals surface area (Å²) >= 11 is 0. The van der Waals surface area contributed by atoms with Crippen molar-refractivity contribution in [2.75, 3.05) is 0 Å². The lowest BCUT2D eigenvalue weighted by molar-refractivity contribution is 0.220. The lowest BCUT2D eigenvalue weighted by atomic mass is 9.80. The third-order valence-corrected chi connectivity index (χ3v) is 4.07. The second kappa shape index (κ2) is 5.14. The van der Waals surface area contributed by atoms with Gasteiger partial charge >= 0.3 is 0 Å². The molecule has 1 saturated carbocycles. The van der Waals surface area contributed by atoms with Crippen molar-refractivity contribution in [1.29, 1.82) is 0 Å². The van der Waals surface area contributed by atoms with Gasteiger partial charge < -0.3 is 5.11 Å². The van der Waals surface area contributed by atoms with Crippen LogP contribution in [0.15, 0.2) is 42.6 Å². The zero-order valence-electron chi connectivity index (χ0n) is 11.2. The first kappa shape index (κ1) is 12.4. The highest BCUT2D eigenvalue weighted by Crippen LogP contribution is 2.36. The molecule has 1 N–H and O–H groups in total. The van der Waals surface area contributed by atoms with Crippen LogP contribution < -0.4 is 0 Å². The summed E-state index contributed by atoms with van der Waals surface area (Å²) in [4.78, 5) is 4.16. The maximum Gasteiger partial charge on any atom is 0.104 e. The molecule has 1 aliphatic rings. The molecule has 98 valence electrons. The Bertz CT molecular complexity index is 558. The molecule has 2 heteroatoms. The van der Waals surface area contributed by atoms with Crippen molar-refractivity contribution in [3.8, 4) is 0 Å². The second-order valence-corrected chi connectivity index (χ2v) is 5.43.